The molecule has 2 rings (SSSR count). The summed E-state index contributed by atoms with van der Waals surface area (Å²) < 4.78 is 11.4. The second-order valence-corrected chi connectivity index (χ2v) is 4.60. The summed E-state index contributed by atoms with van der Waals surface area (Å²) in [5.74, 6) is 0.903. The van der Waals surface area contributed by atoms with Crippen LogP contribution in [-0.2, 0) is 4.74 Å². The van der Waals surface area contributed by atoms with Gasteiger partial charge in [-0.3, -0.25) is 0 Å². The van der Waals surface area contributed by atoms with Gasteiger partial charge in [-0.05, 0) is 25.8 Å². The van der Waals surface area contributed by atoms with Crippen LogP contribution in [0.3, 0.4) is 0 Å². The predicted molar refractivity (Wildman–Crippen MR) is 68.1 cm³/mol. The summed E-state index contributed by atoms with van der Waals surface area (Å²) in [5.41, 5.74) is 6.97. The van der Waals surface area contributed by atoms with E-state index in [1.807, 2.05) is 31.2 Å². The van der Waals surface area contributed by atoms with Gasteiger partial charge < -0.3 is 15.2 Å². The quantitative estimate of drug-likeness (QED) is 0.853. The minimum atomic E-state index is 0.00827. The lowest BCUT2D eigenvalue weighted by molar-refractivity contribution is 0.0902. The molecule has 0 radical (unpaired) electrons. The smallest absolute Gasteiger partial charge is 0.124 e. The van der Waals surface area contributed by atoms with E-state index in [9.17, 15) is 0 Å². The molecular weight excluding hydrogens is 214 g/mol. The topological polar surface area (TPSA) is 44.5 Å². The van der Waals surface area contributed by atoms with Gasteiger partial charge in [0.15, 0.2) is 0 Å². The van der Waals surface area contributed by atoms with Crippen molar-refractivity contribution in [1.82, 2.24) is 0 Å². The monoisotopic (exact) mass is 235 g/mol. The van der Waals surface area contributed by atoms with Gasteiger partial charge in [0.2, 0.25) is 0 Å². The van der Waals surface area contributed by atoms with E-state index in [-0.39, 0.29) is 6.04 Å². The Morgan fingerprint density at radius 1 is 1.47 bits per heavy atom. The van der Waals surface area contributed by atoms with Crippen LogP contribution in [0.15, 0.2) is 24.3 Å². The average molecular weight is 235 g/mol. The third-order valence-electron chi connectivity index (χ3n) is 3.13. The van der Waals surface area contributed by atoms with E-state index >= 15 is 0 Å². The fourth-order valence-electron chi connectivity index (χ4n) is 2.16. The normalized spacial score (nSPS) is 21.4. The molecule has 0 bridgehead atoms. The highest BCUT2D eigenvalue weighted by molar-refractivity contribution is 5.35. The number of hydrogen-bond acceptors (Lipinski definition) is 3. The van der Waals surface area contributed by atoms with E-state index in [1.165, 1.54) is 6.42 Å². The van der Waals surface area contributed by atoms with Crippen molar-refractivity contribution in [2.75, 3.05) is 13.2 Å². The van der Waals surface area contributed by atoms with Crippen LogP contribution in [0.2, 0.25) is 0 Å². The number of nitrogens with two attached hydrogens (primary N) is 1. The molecule has 1 fully saturated rings. The first-order valence-electron chi connectivity index (χ1n) is 6.36. The van der Waals surface area contributed by atoms with Gasteiger partial charge in [-0.25, -0.2) is 0 Å². The molecule has 1 aliphatic rings. The van der Waals surface area contributed by atoms with Crippen LogP contribution in [0.5, 0.6) is 5.75 Å². The molecular formula is C14H21NO2. The van der Waals surface area contributed by atoms with Crippen molar-refractivity contribution in [1.29, 1.82) is 0 Å². The maximum atomic E-state index is 5.90. The highest BCUT2D eigenvalue weighted by Crippen LogP contribution is 2.24. The molecule has 1 heterocycles. The third-order valence-corrected chi connectivity index (χ3v) is 3.13. The van der Waals surface area contributed by atoms with Crippen LogP contribution in [0, 0.1) is 0 Å². The zero-order valence-corrected chi connectivity index (χ0v) is 10.4. The largest absolute Gasteiger partial charge is 0.493 e. The number of benzene rings is 1. The fourth-order valence-corrected chi connectivity index (χ4v) is 2.16. The van der Waals surface area contributed by atoms with Crippen LogP contribution < -0.4 is 10.5 Å². The summed E-state index contributed by atoms with van der Waals surface area (Å²) >= 11 is 0. The van der Waals surface area contributed by atoms with E-state index < -0.39 is 0 Å². The van der Waals surface area contributed by atoms with E-state index in [1.54, 1.807) is 0 Å². The Kier molecular flexibility index (Phi) is 4.40. The summed E-state index contributed by atoms with van der Waals surface area (Å²) in [5, 5.41) is 0. The Hall–Kier alpha value is -1.06. The summed E-state index contributed by atoms with van der Waals surface area (Å²) in [4.78, 5) is 0. The summed E-state index contributed by atoms with van der Waals surface area (Å²) in [6, 6.07) is 7.98. The Morgan fingerprint density at radius 2 is 2.29 bits per heavy atom. The number of hydrogen-bond donors (Lipinski definition) is 1. The SMILES string of the molecule is C[C@H](N)c1ccccc1OCCC1CCCO1. The second kappa shape index (κ2) is 6.03. The van der Waals surface area contributed by atoms with Crippen molar-refractivity contribution in [2.24, 2.45) is 5.73 Å². The molecule has 17 heavy (non-hydrogen) atoms. The number of rotatable bonds is 5. The van der Waals surface area contributed by atoms with Crippen molar-refractivity contribution < 1.29 is 9.47 Å². The molecule has 1 unspecified atom stereocenters. The Morgan fingerprint density at radius 3 is 3.00 bits per heavy atom. The first-order valence-corrected chi connectivity index (χ1v) is 6.36. The lowest BCUT2D eigenvalue weighted by Crippen LogP contribution is -2.13. The molecule has 1 aromatic rings. The number of ether oxygens (including phenoxy) is 2. The fraction of sp³-hybridized carbons (Fsp3) is 0.571. The molecule has 1 aliphatic heterocycles. The molecule has 2 atom stereocenters. The molecule has 0 aromatic heterocycles. The summed E-state index contributed by atoms with van der Waals surface area (Å²) in [6.45, 7) is 3.58. The van der Waals surface area contributed by atoms with Gasteiger partial charge in [0.1, 0.15) is 5.75 Å². The molecule has 1 saturated heterocycles. The third kappa shape index (κ3) is 3.45. The van der Waals surface area contributed by atoms with Crippen molar-refractivity contribution in [3.63, 3.8) is 0 Å². The lowest BCUT2D eigenvalue weighted by atomic mass is 10.1. The predicted octanol–water partition coefficient (Wildman–Crippen LogP) is 2.65. The summed E-state index contributed by atoms with van der Waals surface area (Å²) in [6.07, 6.45) is 3.70. The van der Waals surface area contributed by atoms with Crippen LogP contribution in [0.1, 0.15) is 37.8 Å². The Bertz CT molecular complexity index is 346. The molecule has 2 N–H and O–H groups in total. The van der Waals surface area contributed by atoms with Gasteiger partial charge in [0.05, 0.1) is 12.7 Å². The van der Waals surface area contributed by atoms with Crippen molar-refractivity contribution >= 4 is 0 Å². The highest BCUT2D eigenvalue weighted by Gasteiger charge is 2.15. The van der Waals surface area contributed by atoms with Crippen molar-refractivity contribution in [2.45, 2.75) is 38.3 Å². The van der Waals surface area contributed by atoms with E-state index in [4.69, 9.17) is 15.2 Å². The van der Waals surface area contributed by atoms with E-state index in [0.29, 0.717) is 12.7 Å². The molecule has 0 amide bonds. The van der Waals surface area contributed by atoms with Gasteiger partial charge in [-0.2, -0.15) is 0 Å². The second-order valence-electron chi connectivity index (χ2n) is 4.60. The van der Waals surface area contributed by atoms with E-state index in [2.05, 4.69) is 0 Å². The molecule has 3 heteroatoms. The number of para-hydroxylation sites is 1. The molecule has 3 nitrogen and oxygen atoms in total. The van der Waals surface area contributed by atoms with Gasteiger partial charge >= 0.3 is 0 Å². The van der Waals surface area contributed by atoms with Gasteiger partial charge in [0, 0.05) is 24.6 Å². The molecule has 0 aliphatic carbocycles. The standard InChI is InChI=1S/C14H21NO2/c1-11(15)13-6-2-3-7-14(13)17-10-8-12-5-4-9-16-12/h2-3,6-7,11-12H,4-5,8-10,15H2,1H3/t11-,12?/m0/s1. The minimum Gasteiger partial charge on any atom is -0.493 e. The Balaban J connectivity index is 1.85. The average Bonchev–Trinajstić information content (AvgIpc) is 2.82. The maximum Gasteiger partial charge on any atom is 0.124 e. The molecule has 0 spiro atoms. The van der Waals surface area contributed by atoms with Crippen LogP contribution in [0.25, 0.3) is 0 Å². The van der Waals surface area contributed by atoms with Crippen LogP contribution >= 0.6 is 0 Å². The first kappa shape index (κ1) is 12.4. The first-order chi connectivity index (χ1) is 8.27. The highest BCUT2D eigenvalue weighted by atomic mass is 16.5. The van der Waals surface area contributed by atoms with Crippen molar-refractivity contribution in [3.05, 3.63) is 29.8 Å². The lowest BCUT2D eigenvalue weighted by Gasteiger charge is -2.15. The zero-order valence-electron chi connectivity index (χ0n) is 10.4. The van der Waals surface area contributed by atoms with Crippen LogP contribution in [0.4, 0.5) is 0 Å². The van der Waals surface area contributed by atoms with Gasteiger partial charge in [-0.15, -0.1) is 0 Å². The molecule has 0 saturated carbocycles. The maximum absolute atomic E-state index is 5.90. The van der Waals surface area contributed by atoms with Gasteiger partial charge in [0.25, 0.3) is 0 Å². The Labute approximate surface area is 103 Å². The van der Waals surface area contributed by atoms with E-state index in [0.717, 1.165) is 30.8 Å². The molecule has 1 aromatic carbocycles. The van der Waals surface area contributed by atoms with Crippen molar-refractivity contribution in [3.8, 4) is 5.75 Å². The van der Waals surface area contributed by atoms with Crippen LogP contribution in [-0.4, -0.2) is 19.3 Å². The molecule has 94 valence electrons. The summed E-state index contributed by atoms with van der Waals surface area (Å²) in [7, 11) is 0. The van der Waals surface area contributed by atoms with Gasteiger partial charge in [-0.1, -0.05) is 18.2 Å². The zero-order chi connectivity index (χ0) is 12.1. The minimum absolute atomic E-state index is 0.00827.